The van der Waals surface area contributed by atoms with Gasteiger partial charge in [-0.3, -0.25) is 4.79 Å². The van der Waals surface area contributed by atoms with E-state index < -0.39 is 0 Å². The van der Waals surface area contributed by atoms with Crippen molar-refractivity contribution in [3.8, 4) is 0 Å². The smallest absolute Gasteiger partial charge is 0.266 e. The molecule has 4 heteroatoms. The zero-order valence-electron chi connectivity index (χ0n) is 8.60. The zero-order valence-corrected chi connectivity index (χ0v) is 8.60. The van der Waals surface area contributed by atoms with Crippen molar-refractivity contribution in [3.05, 3.63) is 28.2 Å². The Morgan fingerprint density at radius 2 is 2.36 bits per heavy atom. The van der Waals surface area contributed by atoms with E-state index in [2.05, 4.69) is 5.10 Å². The topological polar surface area (TPSA) is 55.1 Å². The van der Waals surface area contributed by atoms with Gasteiger partial charge < -0.3 is 5.11 Å². The maximum absolute atomic E-state index is 11.4. The summed E-state index contributed by atoms with van der Waals surface area (Å²) in [5.41, 5.74) is 0.803. The van der Waals surface area contributed by atoms with E-state index in [9.17, 15) is 4.79 Å². The molecule has 78 valence electrons. The van der Waals surface area contributed by atoms with Gasteiger partial charge in [-0.1, -0.05) is 0 Å². The number of aryl methyl sites for hydroxylation is 2. The largest absolute Gasteiger partial charge is 0.393 e. The van der Waals surface area contributed by atoms with E-state index in [1.165, 1.54) is 4.68 Å². The SMILES string of the molecule is Cc1cnn(CCCC(C)O)c(=O)c1. The molecule has 14 heavy (non-hydrogen) atoms. The fourth-order valence-electron chi connectivity index (χ4n) is 1.23. The fraction of sp³-hybridized carbons (Fsp3) is 0.600. The quantitative estimate of drug-likeness (QED) is 0.771. The van der Waals surface area contributed by atoms with E-state index in [-0.39, 0.29) is 11.7 Å². The van der Waals surface area contributed by atoms with Crippen molar-refractivity contribution < 1.29 is 5.11 Å². The van der Waals surface area contributed by atoms with Crippen LogP contribution >= 0.6 is 0 Å². The first-order valence-corrected chi connectivity index (χ1v) is 4.81. The molecule has 0 saturated carbocycles. The molecule has 1 atom stereocenters. The van der Waals surface area contributed by atoms with Crippen LogP contribution in [-0.2, 0) is 6.54 Å². The summed E-state index contributed by atoms with van der Waals surface area (Å²) >= 11 is 0. The Bertz CT molecular complexity index is 344. The lowest BCUT2D eigenvalue weighted by Gasteiger charge is -2.05. The average molecular weight is 196 g/mol. The van der Waals surface area contributed by atoms with Gasteiger partial charge in [-0.15, -0.1) is 0 Å². The highest BCUT2D eigenvalue weighted by molar-refractivity contribution is 5.02. The molecule has 0 amide bonds. The number of nitrogens with zero attached hydrogens (tertiary/aromatic N) is 2. The molecule has 4 nitrogen and oxygen atoms in total. The van der Waals surface area contributed by atoms with E-state index in [0.717, 1.165) is 12.0 Å². The third-order valence-corrected chi connectivity index (χ3v) is 2.00. The fourth-order valence-corrected chi connectivity index (χ4v) is 1.23. The van der Waals surface area contributed by atoms with Crippen LogP contribution in [-0.4, -0.2) is 21.0 Å². The number of rotatable bonds is 4. The Balaban J connectivity index is 2.55. The summed E-state index contributed by atoms with van der Waals surface area (Å²) in [6.07, 6.45) is 2.83. The molecule has 0 saturated heterocycles. The molecular weight excluding hydrogens is 180 g/mol. The Labute approximate surface area is 83.2 Å². The van der Waals surface area contributed by atoms with Crippen LogP contribution in [0.5, 0.6) is 0 Å². The molecule has 1 N–H and O–H groups in total. The van der Waals surface area contributed by atoms with Crippen molar-refractivity contribution in [2.24, 2.45) is 0 Å². The van der Waals surface area contributed by atoms with E-state index in [0.29, 0.717) is 13.0 Å². The van der Waals surface area contributed by atoms with E-state index in [4.69, 9.17) is 5.11 Å². The minimum Gasteiger partial charge on any atom is -0.393 e. The van der Waals surface area contributed by atoms with Gasteiger partial charge in [0.05, 0.1) is 12.3 Å². The second-order valence-electron chi connectivity index (χ2n) is 3.59. The maximum Gasteiger partial charge on any atom is 0.266 e. The van der Waals surface area contributed by atoms with Gasteiger partial charge >= 0.3 is 0 Å². The molecule has 1 aromatic rings. The van der Waals surface area contributed by atoms with Gasteiger partial charge in [0.1, 0.15) is 0 Å². The number of hydrogen-bond donors (Lipinski definition) is 1. The predicted molar refractivity (Wildman–Crippen MR) is 54.1 cm³/mol. The normalized spacial score (nSPS) is 12.8. The monoisotopic (exact) mass is 196 g/mol. The van der Waals surface area contributed by atoms with Crippen molar-refractivity contribution in [1.82, 2.24) is 9.78 Å². The first kappa shape index (κ1) is 10.9. The maximum atomic E-state index is 11.4. The molecule has 1 unspecified atom stereocenters. The van der Waals surface area contributed by atoms with Crippen LogP contribution in [0.25, 0.3) is 0 Å². The van der Waals surface area contributed by atoms with Gasteiger partial charge in [-0.2, -0.15) is 5.10 Å². The summed E-state index contributed by atoms with van der Waals surface area (Å²) in [5.74, 6) is 0. The molecule has 0 aliphatic rings. The summed E-state index contributed by atoms with van der Waals surface area (Å²) < 4.78 is 1.43. The molecule has 1 heterocycles. The molecule has 0 aromatic carbocycles. The van der Waals surface area contributed by atoms with Gasteiger partial charge in [-0.25, -0.2) is 4.68 Å². The Hall–Kier alpha value is -1.16. The minimum absolute atomic E-state index is 0.0735. The van der Waals surface area contributed by atoms with Gasteiger partial charge in [0.2, 0.25) is 0 Å². The summed E-state index contributed by atoms with van der Waals surface area (Å²) in [7, 11) is 0. The van der Waals surface area contributed by atoms with Crippen molar-refractivity contribution in [1.29, 1.82) is 0 Å². The third-order valence-electron chi connectivity index (χ3n) is 2.00. The lowest BCUT2D eigenvalue weighted by Crippen LogP contribution is -2.22. The van der Waals surface area contributed by atoms with Crippen LogP contribution in [0.2, 0.25) is 0 Å². The van der Waals surface area contributed by atoms with Crippen molar-refractivity contribution in [3.63, 3.8) is 0 Å². The molecular formula is C10H16N2O2. The molecule has 0 aliphatic heterocycles. The summed E-state index contributed by atoms with van der Waals surface area (Å²) in [4.78, 5) is 11.4. The van der Waals surface area contributed by atoms with Crippen LogP contribution < -0.4 is 5.56 Å². The van der Waals surface area contributed by atoms with Gasteiger partial charge in [0.25, 0.3) is 5.56 Å². The van der Waals surface area contributed by atoms with E-state index in [1.54, 1.807) is 19.2 Å². The standard InChI is InChI=1S/C10H16N2O2/c1-8-6-10(14)12(11-7-8)5-3-4-9(2)13/h6-7,9,13H,3-5H2,1-2H3. The highest BCUT2D eigenvalue weighted by atomic mass is 16.3. The molecule has 0 spiro atoms. The zero-order chi connectivity index (χ0) is 10.6. The highest BCUT2D eigenvalue weighted by Crippen LogP contribution is 1.97. The Morgan fingerprint density at radius 3 is 2.93 bits per heavy atom. The second-order valence-corrected chi connectivity index (χ2v) is 3.59. The van der Waals surface area contributed by atoms with Crippen molar-refractivity contribution >= 4 is 0 Å². The summed E-state index contributed by atoms with van der Waals surface area (Å²) in [5, 5.41) is 13.0. The van der Waals surface area contributed by atoms with Crippen LogP contribution in [0.4, 0.5) is 0 Å². The first-order chi connectivity index (χ1) is 6.59. The van der Waals surface area contributed by atoms with Crippen LogP contribution in [0, 0.1) is 6.92 Å². The molecule has 1 rings (SSSR count). The molecule has 0 bridgehead atoms. The number of aliphatic hydroxyl groups excluding tert-OH is 1. The van der Waals surface area contributed by atoms with Crippen molar-refractivity contribution in [2.45, 2.75) is 39.3 Å². The van der Waals surface area contributed by atoms with Gasteiger partial charge in [-0.05, 0) is 32.3 Å². The average Bonchev–Trinajstić information content (AvgIpc) is 2.08. The Kier molecular flexibility index (Phi) is 3.83. The van der Waals surface area contributed by atoms with Crippen LogP contribution in [0.15, 0.2) is 17.1 Å². The van der Waals surface area contributed by atoms with Gasteiger partial charge in [0.15, 0.2) is 0 Å². The van der Waals surface area contributed by atoms with Crippen LogP contribution in [0.3, 0.4) is 0 Å². The highest BCUT2D eigenvalue weighted by Gasteiger charge is 1.99. The number of aliphatic hydroxyl groups is 1. The number of hydrogen-bond acceptors (Lipinski definition) is 3. The lowest BCUT2D eigenvalue weighted by atomic mass is 10.2. The Morgan fingerprint density at radius 1 is 1.64 bits per heavy atom. The first-order valence-electron chi connectivity index (χ1n) is 4.81. The van der Waals surface area contributed by atoms with Crippen molar-refractivity contribution in [2.75, 3.05) is 0 Å². The lowest BCUT2D eigenvalue weighted by molar-refractivity contribution is 0.178. The summed E-state index contributed by atoms with van der Waals surface area (Å²) in [6, 6.07) is 1.56. The molecule has 0 aliphatic carbocycles. The third kappa shape index (κ3) is 3.30. The van der Waals surface area contributed by atoms with Crippen LogP contribution in [0.1, 0.15) is 25.3 Å². The van der Waals surface area contributed by atoms with E-state index >= 15 is 0 Å². The number of aromatic nitrogens is 2. The van der Waals surface area contributed by atoms with Gasteiger partial charge in [0, 0.05) is 12.6 Å². The molecule has 0 fully saturated rings. The van der Waals surface area contributed by atoms with E-state index in [1.807, 2.05) is 6.92 Å². The second kappa shape index (κ2) is 4.91. The summed E-state index contributed by atoms with van der Waals surface area (Å²) in [6.45, 7) is 4.16. The molecule has 1 aromatic heterocycles. The predicted octanol–water partition coefficient (Wildman–Crippen LogP) is 0.713. The molecule has 0 radical (unpaired) electrons. The minimum atomic E-state index is -0.309.